The van der Waals surface area contributed by atoms with E-state index in [9.17, 15) is 4.79 Å². The first-order valence-corrected chi connectivity index (χ1v) is 7.33. The largest absolute Gasteiger partial charge is 0.384 e. The van der Waals surface area contributed by atoms with E-state index >= 15 is 0 Å². The minimum atomic E-state index is -0.128. The summed E-state index contributed by atoms with van der Waals surface area (Å²) in [4.78, 5) is 14.5. The zero-order valence-electron chi connectivity index (χ0n) is 12.5. The van der Waals surface area contributed by atoms with Crippen molar-refractivity contribution in [3.05, 3.63) is 16.4 Å². The molecular weight excluding hydrogens is 278 g/mol. The number of aryl methyl sites for hydroxylation is 2. The van der Waals surface area contributed by atoms with Crippen molar-refractivity contribution in [2.75, 3.05) is 20.3 Å². The van der Waals surface area contributed by atoms with E-state index in [0.29, 0.717) is 11.8 Å². The molecule has 1 amide bonds. The smallest absolute Gasteiger partial charge is 0.228 e. The van der Waals surface area contributed by atoms with Crippen molar-refractivity contribution in [3.63, 3.8) is 0 Å². The molecule has 0 saturated carbocycles. The van der Waals surface area contributed by atoms with Crippen LogP contribution in [0.15, 0.2) is 0 Å². The van der Waals surface area contributed by atoms with Crippen molar-refractivity contribution in [1.29, 1.82) is 0 Å². The number of halogens is 1. The maximum Gasteiger partial charge on any atom is 0.228 e. The van der Waals surface area contributed by atoms with Crippen LogP contribution in [-0.2, 0) is 16.6 Å². The van der Waals surface area contributed by atoms with Gasteiger partial charge in [-0.15, -0.1) is 0 Å². The van der Waals surface area contributed by atoms with Gasteiger partial charge in [-0.2, -0.15) is 5.10 Å². The number of ether oxygens (including phenoxy) is 1. The summed E-state index contributed by atoms with van der Waals surface area (Å²) >= 11 is 6.34. The second-order valence-electron chi connectivity index (χ2n) is 5.46. The maximum absolute atomic E-state index is 12.5. The van der Waals surface area contributed by atoms with E-state index in [0.717, 1.165) is 30.6 Å². The van der Waals surface area contributed by atoms with Crippen LogP contribution in [0.25, 0.3) is 0 Å². The van der Waals surface area contributed by atoms with Gasteiger partial charge in [0.1, 0.15) is 5.15 Å². The molecule has 2 heterocycles. The summed E-state index contributed by atoms with van der Waals surface area (Å²) in [7, 11) is 3.45. The molecule has 0 N–H and O–H groups in total. The molecule has 0 aliphatic carbocycles. The van der Waals surface area contributed by atoms with Crippen molar-refractivity contribution in [2.45, 2.75) is 32.7 Å². The van der Waals surface area contributed by atoms with Crippen molar-refractivity contribution in [1.82, 2.24) is 14.7 Å². The van der Waals surface area contributed by atoms with Gasteiger partial charge >= 0.3 is 0 Å². The Labute approximate surface area is 124 Å². The van der Waals surface area contributed by atoms with Crippen LogP contribution in [0.3, 0.4) is 0 Å². The Morgan fingerprint density at radius 2 is 2.30 bits per heavy atom. The van der Waals surface area contributed by atoms with Crippen LogP contribution >= 0.6 is 11.6 Å². The van der Waals surface area contributed by atoms with E-state index in [2.05, 4.69) is 5.10 Å². The highest BCUT2D eigenvalue weighted by Crippen LogP contribution is 2.38. The average Bonchev–Trinajstić information content (AvgIpc) is 2.95. The highest BCUT2D eigenvalue weighted by molar-refractivity contribution is 6.30. The molecule has 0 aromatic carbocycles. The summed E-state index contributed by atoms with van der Waals surface area (Å²) in [5, 5.41) is 4.98. The number of rotatable bonds is 4. The fourth-order valence-electron chi connectivity index (χ4n) is 2.96. The van der Waals surface area contributed by atoms with Gasteiger partial charge in [-0.3, -0.25) is 9.48 Å². The fourth-order valence-corrected chi connectivity index (χ4v) is 3.26. The third-order valence-electron chi connectivity index (χ3n) is 3.90. The molecule has 1 aliphatic heterocycles. The monoisotopic (exact) mass is 299 g/mol. The van der Waals surface area contributed by atoms with E-state index in [1.54, 1.807) is 11.8 Å². The van der Waals surface area contributed by atoms with Crippen LogP contribution in [0.4, 0.5) is 0 Å². The lowest BCUT2D eigenvalue weighted by molar-refractivity contribution is -0.137. The van der Waals surface area contributed by atoms with Crippen molar-refractivity contribution < 1.29 is 9.53 Å². The molecule has 112 valence electrons. The topological polar surface area (TPSA) is 47.4 Å². The summed E-state index contributed by atoms with van der Waals surface area (Å²) in [5.74, 6) is 0.00465. The van der Waals surface area contributed by atoms with Gasteiger partial charge in [-0.1, -0.05) is 18.5 Å². The zero-order valence-corrected chi connectivity index (χ0v) is 13.3. The first kappa shape index (κ1) is 15.3. The standard InChI is InChI=1S/C14H22ClN3O2/c1-9(8-20-4)14(19)18-7-5-6-11(18)12-10(2)16-17(3)13(12)15/h9,11H,5-8H2,1-4H3/t9-,11+/m0/s1. The molecule has 1 aliphatic rings. The Kier molecular flexibility index (Phi) is 4.70. The number of amides is 1. The van der Waals surface area contributed by atoms with Gasteiger partial charge in [0.25, 0.3) is 0 Å². The van der Waals surface area contributed by atoms with Crippen LogP contribution in [0.5, 0.6) is 0 Å². The SMILES string of the molecule is COC[C@H](C)C(=O)N1CCC[C@@H]1c1c(C)nn(C)c1Cl. The lowest BCUT2D eigenvalue weighted by Gasteiger charge is -2.27. The normalized spacial score (nSPS) is 20.4. The van der Waals surface area contributed by atoms with Crippen molar-refractivity contribution in [2.24, 2.45) is 13.0 Å². The molecule has 20 heavy (non-hydrogen) atoms. The zero-order chi connectivity index (χ0) is 14.9. The predicted octanol–water partition coefficient (Wildman–Crippen LogP) is 2.33. The predicted molar refractivity (Wildman–Crippen MR) is 77.7 cm³/mol. The Morgan fingerprint density at radius 3 is 2.85 bits per heavy atom. The lowest BCUT2D eigenvalue weighted by atomic mass is 10.0. The second-order valence-corrected chi connectivity index (χ2v) is 5.82. The molecular formula is C14H22ClN3O2. The third-order valence-corrected chi connectivity index (χ3v) is 4.35. The van der Waals surface area contributed by atoms with Crippen LogP contribution in [0.1, 0.15) is 37.1 Å². The number of carbonyl (C=O) groups excluding carboxylic acids is 1. The number of hydrogen-bond acceptors (Lipinski definition) is 3. The molecule has 1 aromatic rings. The highest BCUT2D eigenvalue weighted by Gasteiger charge is 2.35. The van der Waals surface area contributed by atoms with Crippen LogP contribution in [0.2, 0.25) is 5.15 Å². The summed E-state index contributed by atoms with van der Waals surface area (Å²) in [5.41, 5.74) is 1.89. The number of aromatic nitrogens is 2. The Morgan fingerprint density at radius 1 is 1.60 bits per heavy atom. The highest BCUT2D eigenvalue weighted by atomic mass is 35.5. The third kappa shape index (κ3) is 2.69. The molecule has 2 rings (SSSR count). The number of likely N-dealkylation sites (tertiary alicyclic amines) is 1. The minimum Gasteiger partial charge on any atom is -0.384 e. The molecule has 1 aromatic heterocycles. The second kappa shape index (κ2) is 6.14. The van der Waals surface area contributed by atoms with Gasteiger partial charge in [-0.05, 0) is 19.8 Å². The molecule has 5 nitrogen and oxygen atoms in total. The Hall–Kier alpha value is -1.07. The molecule has 2 atom stereocenters. The van der Waals surface area contributed by atoms with Crippen molar-refractivity contribution >= 4 is 17.5 Å². The van der Waals surface area contributed by atoms with E-state index in [4.69, 9.17) is 16.3 Å². The van der Waals surface area contributed by atoms with Crippen LogP contribution < -0.4 is 0 Å². The quantitative estimate of drug-likeness (QED) is 0.857. The van der Waals surface area contributed by atoms with Gasteiger partial charge in [0.15, 0.2) is 0 Å². The molecule has 0 radical (unpaired) electrons. The number of carbonyl (C=O) groups is 1. The van der Waals surface area contributed by atoms with Gasteiger partial charge in [0, 0.05) is 26.3 Å². The first-order chi connectivity index (χ1) is 9.47. The van der Waals surface area contributed by atoms with Gasteiger partial charge in [-0.25, -0.2) is 0 Å². The maximum atomic E-state index is 12.5. The number of methoxy groups -OCH3 is 1. The molecule has 0 spiro atoms. The first-order valence-electron chi connectivity index (χ1n) is 6.95. The van der Waals surface area contributed by atoms with E-state index < -0.39 is 0 Å². The molecule has 0 bridgehead atoms. The minimum absolute atomic E-state index is 0.0445. The summed E-state index contributed by atoms with van der Waals surface area (Å²) in [6.07, 6.45) is 1.94. The van der Waals surface area contributed by atoms with Gasteiger partial charge < -0.3 is 9.64 Å². The van der Waals surface area contributed by atoms with Gasteiger partial charge in [0.2, 0.25) is 5.91 Å². The van der Waals surface area contributed by atoms with Crippen LogP contribution in [-0.4, -0.2) is 40.8 Å². The molecule has 0 unspecified atom stereocenters. The Balaban J connectivity index is 2.25. The number of hydrogen-bond donors (Lipinski definition) is 0. The number of nitrogens with zero attached hydrogens (tertiary/aromatic N) is 3. The summed E-state index contributed by atoms with van der Waals surface area (Å²) in [6, 6.07) is 0.0445. The van der Waals surface area contributed by atoms with E-state index in [-0.39, 0.29) is 17.9 Å². The fraction of sp³-hybridized carbons (Fsp3) is 0.714. The van der Waals surface area contributed by atoms with E-state index in [1.165, 1.54) is 0 Å². The summed E-state index contributed by atoms with van der Waals surface area (Å²) < 4.78 is 6.76. The Bertz CT molecular complexity index is 501. The summed E-state index contributed by atoms with van der Waals surface area (Å²) in [6.45, 7) is 5.07. The molecule has 6 heteroatoms. The average molecular weight is 300 g/mol. The van der Waals surface area contributed by atoms with Crippen molar-refractivity contribution in [3.8, 4) is 0 Å². The molecule has 1 fully saturated rings. The van der Waals surface area contributed by atoms with E-state index in [1.807, 2.05) is 25.8 Å². The molecule has 1 saturated heterocycles. The van der Waals surface area contributed by atoms with Gasteiger partial charge in [0.05, 0.1) is 24.3 Å². The lowest BCUT2D eigenvalue weighted by Crippen LogP contribution is -2.36. The van der Waals surface area contributed by atoms with Crippen LogP contribution in [0, 0.1) is 12.8 Å².